The Labute approximate surface area is 254 Å². The number of hydrogen-bond acceptors (Lipinski definition) is 11. The summed E-state index contributed by atoms with van der Waals surface area (Å²) in [4.78, 5) is 23.2. The summed E-state index contributed by atoms with van der Waals surface area (Å²) in [6, 6.07) is 17.9. The number of carbonyl (C=O) groups excluding carboxylic acids is 2. The summed E-state index contributed by atoms with van der Waals surface area (Å²) in [5, 5.41) is 27.2. The van der Waals surface area contributed by atoms with Crippen molar-refractivity contribution in [1.29, 1.82) is 0 Å². The molecule has 0 amide bonds. The van der Waals surface area contributed by atoms with Crippen LogP contribution in [0.3, 0.4) is 0 Å². The molecule has 0 aliphatic heterocycles. The molecule has 13 heteroatoms. The quantitative estimate of drug-likeness (QED) is 0.0869. The first kappa shape index (κ1) is 35.2. The van der Waals surface area contributed by atoms with E-state index in [1.54, 1.807) is 44.2 Å². The molecule has 0 saturated heterocycles. The van der Waals surface area contributed by atoms with Gasteiger partial charge in [-0.05, 0) is 38.1 Å². The second-order valence-electron chi connectivity index (χ2n) is 8.16. The average Bonchev–Trinajstić information content (AvgIpc) is 2.90. The molecule has 0 aromatic heterocycles. The molecule has 3 aromatic rings. The molecular weight excluding hydrogens is 555 g/mol. The molecule has 3 aromatic carbocycles. The molecule has 11 nitrogen and oxygen atoms in total. The average molecular weight is 585 g/mol. The predicted molar refractivity (Wildman–Crippen MR) is 137 cm³/mol. The molecule has 0 aliphatic carbocycles. The van der Waals surface area contributed by atoms with E-state index in [0.29, 0.717) is 0 Å². The van der Waals surface area contributed by atoms with Crippen LogP contribution in [-0.4, -0.2) is 72.3 Å². The standard InChI is InChI=1S/C14H12O6S.C13H18O5.Na/c15-9-20-12-8-4-7-11(14(12)21(17,18)19)13(16)10-5-2-1-3-6-10;1-9(14)7-17-10(2)8-18-13(16)11-5-3-4-6-12(11)15;/h1-8,15H,9H2,(H,17,18,19);3-6,9-10,14-15H,7-8H2,1-2H3;/q;;+1/p-1. The van der Waals surface area contributed by atoms with Crippen molar-refractivity contribution in [3.63, 3.8) is 0 Å². The van der Waals surface area contributed by atoms with Gasteiger partial charge >= 0.3 is 35.5 Å². The van der Waals surface area contributed by atoms with E-state index in [9.17, 15) is 27.7 Å². The number of aromatic hydroxyl groups is 1. The predicted octanol–water partition coefficient (Wildman–Crippen LogP) is -0.511. The van der Waals surface area contributed by atoms with Crippen LogP contribution in [0.2, 0.25) is 0 Å². The number of hydrogen-bond donors (Lipinski definition) is 3. The zero-order chi connectivity index (χ0) is 29.0. The first-order chi connectivity index (χ1) is 18.5. The molecule has 0 heterocycles. The molecule has 3 rings (SSSR count). The Morgan fingerprint density at radius 1 is 0.900 bits per heavy atom. The number of para-hydroxylation sites is 1. The Bertz CT molecular complexity index is 1350. The summed E-state index contributed by atoms with van der Waals surface area (Å²) in [5.41, 5.74) is 0.0749. The molecule has 0 saturated carbocycles. The third-order valence-electron chi connectivity index (χ3n) is 4.92. The summed E-state index contributed by atoms with van der Waals surface area (Å²) in [7, 11) is -4.95. The Balaban J connectivity index is 0.000000395. The summed E-state index contributed by atoms with van der Waals surface area (Å²) in [5.74, 6) is -1.68. The van der Waals surface area contributed by atoms with Gasteiger partial charge in [0.1, 0.15) is 38.7 Å². The van der Waals surface area contributed by atoms with Gasteiger partial charge in [-0.1, -0.05) is 48.5 Å². The van der Waals surface area contributed by atoms with E-state index in [1.165, 1.54) is 42.5 Å². The van der Waals surface area contributed by atoms with Gasteiger partial charge in [0.2, 0.25) is 0 Å². The molecule has 0 aliphatic rings. The van der Waals surface area contributed by atoms with Gasteiger partial charge in [-0.3, -0.25) is 4.79 Å². The first-order valence-corrected chi connectivity index (χ1v) is 13.0. The van der Waals surface area contributed by atoms with Gasteiger partial charge in [0, 0.05) is 11.1 Å². The van der Waals surface area contributed by atoms with Crippen molar-refractivity contribution in [3.05, 3.63) is 89.5 Å². The molecule has 0 fully saturated rings. The number of carbonyl (C=O) groups is 2. The number of phenols is 1. The summed E-state index contributed by atoms with van der Waals surface area (Å²) < 4.78 is 49.2. The second-order valence-corrected chi connectivity index (χ2v) is 9.48. The number of rotatable bonds is 11. The molecule has 0 bridgehead atoms. The normalized spacial score (nSPS) is 12.1. The summed E-state index contributed by atoms with van der Waals surface area (Å²) in [6.45, 7) is 2.79. The third kappa shape index (κ3) is 11.0. The molecule has 3 N–H and O–H groups in total. The minimum atomic E-state index is -4.95. The van der Waals surface area contributed by atoms with Gasteiger partial charge in [0.15, 0.2) is 12.6 Å². The van der Waals surface area contributed by atoms with Gasteiger partial charge < -0.3 is 34.1 Å². The zero-order valence-corrected chi connectivity index (χ0v) is 25.0. The fourth-order valence-electron chi connectivity index (χ4n) is 3.15. The van der Waals surface area contributed by atoms with Crippen LogP contribution in [0.5, 0.6) is 11.5 Å². The minimum Gasteiger partial charge on any atom is -0.744 e. The van der Waals surface area contributed by atoms with E-state index < -0.39 is 39.7 Å². The molecule has 40 heavy (non-hydrogen) atoms. The van der Waals surface area contributed by atoms with E-state index in [2.05, 4.69) is 0 Å². The molecule has 210 valence electrons. The number of benzene rings is 3. The Hall–Kier alpha value is -2.81. The SMILES string of the molecule is CC(O)COC(C)COC(=O)c1ccccc1O.O=C(c1ccccc1)c1cccc(OCO)c1S(=O)(=O)[O-].[Na+]. The first-order valence-electron chi connectivity index (χ1n) is 11.6. The van der Waals surface area contributed by atoms with Crippen molar-refractivity contribution < 1.29 is 81.6 Å². The number of ketones is 1. The maximum Gasteiger partial charge on any atom is 1.00 e. The van der Waals surface area contributed by atoms with E-state index in [4.69, 9.17) is 24.4 Å². The summed E-state index contributed by atoms with van der Waals surface area (Å²) in [6.07, 6.45) is -0.865. The largest absolute Gasteiger partial charge is 1.00 e. The van der Waals surface area contributed by atoms with Crippen molar-refractivity contribution in [1.82, 2.24) is 0 Å². The topological polar surface area (TPSA) is 180 Å². The Morgan fingerprint density at radius 2 is 1.50 bits per heavy atom. The summed E-state index contributed by atoms with van der Waals surface area (Å²) >= 11 is 0. The number of esters is 1. The maximum absolute atomic E-state index is 12.3. The number of ether oxygens (including phenoxy) is 3. The Morgan fingerprint density at radius 3 is 2.08 bits per heavy atom. The van der Waals surface area contributed by atoms with Crippen LogP contribution in [0.15, 0.2) is 77.7 Å². The molecule has 0 radical (unpaired) electrons. The van der Waals surface area contributed by atoms with Crippen LogP contribution in [0.4, 0.5) is 0 Å². The van der Waals surface area contributed by atoms with Gasteiger partial charge in [-0.25, -0.2) is 13.2 Å². The molecular formula is C27H29NaO11S. The molecule has 2 unspecified atom stereocenters. The monoisotopic (exact) mass is 584 g/mol. The van der Waals surface area contributed by atoms with Crippen LogP contribution in [0.25, 0.3) is 0 Å². The van der Waals surface area contributed by atoms with Crippen molar-refractivity contribution in [3.8, 4) is 11.5 Å². The fraction of sp³-hybridized carbons (Fsp3) is 0.259. The van der Waals surface area contributed by atoms with Crippen molar-refractivity contribution in [2.24, 2.45) is 0 Å². The van der Waals surface area contributed by atoms with Gasteiger partial charge in [-0.2, -0.15) is 0 Å². The van der Waals surface area contributed by atoms with Crippen LogP contribution in [0.1, 0.15) is 40.1 Å². The van der Waals surface area contributed by atoms with Crippen molar-refractivity contribution in [2.45, 2.75) is 31.0 Å². The number of aliphatic hydroxyl groups is 2. The van der Waals surface area contributed by atoms with Crippen LogP contribution in [0, 0.1) is 0 Å². The number of phenolic OH excluding ortho intramolecular Hbond substituents is 1. The van der Waals surface area contributed by atoms with Crippen LogP contribution in [-0.2, 0) is 19.6 Å². The number of aliphatic hydroxyl groups excluding tert-OH is 2. The van der Waals surface area contributed by atoms with Gasteiger partial charge in [0.05, 0.1) is 18.8 Å². The Kier molecular flexibility index (Phi) is 15.1. The van der Waals surface area contributed by atoms with Gasteiger partial charge in [0.25, 0.3) is 0 Å². The second kappa shape index (κ2) is 17.1. The van der Waals surface area contributed by atoms with E-state index in [1.807, 2.05) is 0 Å². The molecule has 2 atom stereocenters. The van der Waals surface area contributed by atoms with Crippen molar-refractivity contribution in [2.75, 3.05) is 20.0 Å². The minimum absolute atomic E-state index is 0. The van der Waals surface area contributed by atoms with E-state index in [0.717, 1.165) is 0 Å². The van der Waals surface area contributed by atoms with Crippen molar-refractivity contribution >= 4 is 21.9 Å². The third-order valence-corrected chi connectivity index (χ3v) is 5.85. The van der Waals surface area contributed by atoms with Gasteiger partial charge in [-0.15, -0.1) is 0 Å². The maximum atomic E-state index is 12.3. The van der Waals surface area contributed by atoms with E-state index in [-0.39, 0.29) is 77.1 Å². The van der Waals surface area contributed by atoms with Crippen LogP contribution < -0.4 is 34.3 Å². The fourth-order valence-corrected chi connectivity index (χ4v) is 3.95. The smallest absolute Gasteiger partial charge is 0.744 e. The zero-order valence-electron chi connectivity index (χ0n) is 22.2. The molecule has 0 spiro atoms. The van der Waals surface area contributed by atoms with Crippen LogP contribution >= 0.6 is 0 Å². The van der Waals surface area contributed by atoms with E-state index >= 15 is 0 Å².